The average molecular weight is 468 g/mol. The van der Waals surface area contributed by atoms with Gasteiger partial charge in [0.25, 0.3) is 5.56 Å². The summed E-state index contributed by atoms with van der Waals surface area (Å²) < 4.78 is 7.63. The number of aliphatic imine (C=N–C) groups is 1. The number of nitrogens with one attached hydrogen (secondary N) is 2. The molecule has 2 aromatic heterocycles. The molecule has 0 aliphatic heterocycles. The zero-order chi connectivity index (χ0) is 24.7. The zero-order valence-corrected chi connectivity index (χ0v) is 21.2. The standard InChI is InChI=1S/C25H37N7O2/c1-7-12-19-21-22(31(6)30-19)24(33)29-23(28-21)18-16-17(13-14-20(18)34-15-8-2)27-25(26-9-3)32(10-4)11-5/h13-14,16H,7-12,15H2,1-6H3,(H,26,27)(H,28,29,33). The van der Waals surface area contributed by atoms with E-state index in [0.29, 0.717) is 35.8 Å². The molecule has 0 fully saturated rings. The van der Waals surface area contributed by atoms with Gasteiger partial charge in [-0.15, -0.1) is 0 Å². The summed E-state index contributed by atoms with van der Waals surface area (Å²) in [4.78, 5) is 27.6. The number of aromatic nitrogens is 4. The molecule has 9 nitrogen and oxygen atoms in total. The Morgan fingerprint density at radius 1 is 1.18 bits per heavy atom. The molecule has 0 saturated heterocycles. The van der Waals surface area contributed by atoms with Crippen molar-refractivity contribution in [1.29, 1.82) is 0 Å². The molecule has 0 saturated carbocycles. The number of aryl methyl sites for hydroxylation is 2. The number of nitrogens with zero attached hydrogens (tertiary/aromatic N) is 5. The second-order valence-electron chi connectivity index (χ2n) is 8.09. The molecule has 184 valence electrons. The van der Waals surface area contributed by atoms with Crippen molar-refractivity contribution in [3.05, 3.63) is 34.2 Å². The monoisotopic (exact) mass is 467 g/mol. The van der Waals surface area contributed by atoms with Gasteiger partial charge in [-0.25, -0.2) is 4.98 Å². The fourth-order valence-electron chi connectivity index (χ4n) is 3.93. The number of hydrogen-bond donors (Lipinski definition) is 2. The van der Waals surface area contributed by atoms with E-state index in [4.69, 9.17) is 9.72 Å². The minimum Gasteiger partial charge on any atom is -0.493 e. The van der Waals surface area contributed by atoms with Crippen LogP contribution >= 0.6 is 0 Å². The first kappa shape index (κ1) is 25.3. The van der Waals surface area contributed by atoms with Crippen molar-refractivity contribution in [2.24, 2.45) is 12.0 Å². The van der Waals surface area contributed by atoms with Crippen LogP contribution in [-0.4, -0.2) is 56.8 Å². The maximum absolute atomic E-state index is 13.0. The van der Waals surface area contributed by atoms with Crippen molar-refractivity contribution in [3.63, 3.8) is 0 Å². The van der Waals surface area contributed by atoms with Crippen LogP contribution in [0.15, 0.2) is 28.0 Å². The lowest BCUT2D eigenvalue weighted by molar-refractivity contribution is 0.318. The number of guanidine groups is 1. The van der Waals surface area contributed by atoms with Gasteiger partial charge in [0.1, 0.15) is 17.1 Å². The summed E-state index contributed by atoms with van der Waals surface area (Å²) in [6.45, 7) is 13.3. The molecule has 9 heteroatoms. The highest BCUT2D eigenvalue weighted by atomic mass is 16.5. The average Bonchev–Trinajstić information content (AvgIpc) is 3.14. The van der Waals surface area contributed by atoms with Gasteiger partial charge >= 0.3 is 0 Å². The highest BCUT2D eigenvalue weighted by Crippen LogP contribution is 2.31. The quantitative estimate of drug-likeness (QED) is 0.342. The van der Waals surface area contributed by atoms with Gasteiger partial charge in [0, 0.05) is 32.4 Å². The van der Waals surface area contributed by atoms with Crippen LogP contribution in [0.1, 0.15) is 53.2 Å². The minimum atomic E-state index is -0.214. The fourth-order valence-corrected chi connectivity index (χ4v) is 3.93. The van der Waals surface area contributed by atoms with E-state index >= 15 is 0 Å². The first-order valence-corrected chi connectivity index (χ1v) is 12.3. The second kappa shape index (κ2) is 11.7. The summed E-state index contributed by atoms with van der Waals surface area (Å²) in [5.41, 5.74) is 3.31. The first-order chi connectivity index (χ1) is 16.5. The molecule has 1 aromatic carbocycles. The summed E-state index contributed by atoms with van der Waals surface area (Å²) in [5, 5.41) is 7.98. The molecule has 3 rings (SSSR count). The van der Waals surface area contributed by atoms with Crippen LogP contribution in [0.25, 0.3) is 22.4 Å². The Bertz CT molecular complexity index is 1190. The molecule has 0 aliphatic rings. The highest BCUT2D eigenvalue weighted by molar-refractivity contribution is 5.94. The first-order valence-electron chi connectivity index (χ1n) is 12.3. The Morgan fingerprint density at radius 3 is 2.59 bits per heavy atom. The molecule has 0 bridgehead atoms. The van der Waals surface area contributed by atoms with Gasteiger partial charge in [-0.3, -0.25) is 14.5 Å². The van der Waals surface area contributed by atoms with E-state index in [-0.39, 0.29) is 5.56 Å². The number of aromatic amines is 1. The van der Waals surface area contributed by atoms with Gasteiger partial charge in [-0.05, 0) is 51.8 Å². The normalized spacial score (nSPS) is 11.8. The molecule has 34 heavy (non-hydrogen) atoms. The molecular formula is C25H37N7O2. The summed E-state index contributed by atoms with van der Waals surface area (Å²) in [6, 6.07) is 5.84. The maximum Gasteiger partial charge on any atom is 0.277 e. The van der Waals surface area contributed by atoms with Gasteiger partial charge in [-0.2, -0.15) is 5.10 Å². The minimum absolute atomic E-state index is 0.214. The van der Waals surface area contributed by atoms with E-state index in [2.05, 4.69) is 53.0 Å². The third-order valence-corrected chi connectivity index (χ3v) is 5.57. The molecule has 0 unspecified atom stereocenters. The lowest BCUT2D eigenvalue weighted by Crippen LogP contribution is -2.36. The lowest BCUT2D eigenvalue weighted by atomic mass is 10.1. The highest BCUT2D eigenvalue weighted by Gasteiger charge is 2.18. The Labute approximate surface area is 201 Å². The molecule has 0 amide bonds. The second-order valence-corrected chi connectivity index (χ2v) is 8.09. The molecular weight excluding hydrogens is 430 g/mol. The number of anilines is 1. The number of H-pyrrole nitrogens is 1. The number of ether oxygens (including phenoxy) is 1. The van der Waals surface area contributed by atoms with Gasteiger partial charge in [0.05, 0.1) is 17.9 Å². The smallest absolute Gasteiger partial charge is 0.277 e. The number of benzene rings is 1. The van der Waals surface area contributed by atoms with E-state index in [9.17, 15) is 4.79 Å². The summed E-state index contributed by atoms with van der Waals surface area (Å²) >= 11 is 0. The van der Waals surface area contributed by atoms with Crippen LogP contribution in [0.3, 0.4) is 0 Å². The van der Waals surface area contributed by atoms with Crippen LogP contribution in [0.5, 0.6) is 5.75 Å². The van der Waals surface area contributed by atoms with Crippen LogP contribution < -0.4 is 15.6 Å². The summed E-state index contributed by atoms with van der Waals surface area (Å²) in [7, 11) is 1.78. The van der Waals surface area contributed by atoms with E-state index in [1.165, 1.54) is 0 Å². The van der Waals surface area contributed by atoms with E-state index in [1.807, 2.05) is 25.1 Å². The van der Waals surface area contributed by atoms with Crippen LogP contribution in [0, 0.1) is 0 Å². The van der Waals surface area contributed by atoms with Gasteiger partial charge in [0.2, 0.25) is 0 Å². The largest absolute Gasteiger partial charge is 0.493 e. The van der Waals surface area contributed by atoms with Gasteiger partial charge in [0.15, 0.2) is 11.5 Å². The van der Waals surface area contributed by atoms with E-state index in [0.717, 1.165) is 55.3 Å². The van der Waals surface area contributed by atoms with Crippen LogP contribution in [0.4, 0.5) is 5.69 Å². The molecule has 0 atom stereocenters. The van der Waals surface area contributed by atoms with Crippen molar-refractivity contribution in [2.45, 2.75) is 53.9 Å². The summed E-state index contributed by atoms with van der Waals surface area (Å²) in [5.74, 6) is 1.96. The fraction of sp³-hybridized carbons (Fsp3) is 0.520. The number of fused-ring (bicyclic) bond motifs is 1. The molecule has 0 aliphatic carbocycles. The Hall–Kier alpha value is -3.36. The third kappa shape index (κ3) is 5.40. The molecule has 2 N–H and O–H groups in total. The van der Waals surface area contributed by atoms with E-state index in [1.54, 1.807) is 11.7 Å². The molecule has 0 spiro atoms. The lowest BCUT2D eigenvalue weighted by Gasteiger charge is -2.24. The van der Waals surface area contributed by atoms with Crippen molar-refractivity contribution in [3.8, 4) is 17.1 Å². The van der Waals surface area contributed by atoms with Gasteiger partial charge < -0.3 is 19.9 Å². The van der Waals surface area contributed by atoms with Crippen molar-refractivity contribution in [1.82, 2.24) is 24.6 Å². The van der Waals surface area contributed by atoms with Gasteiger partial charge in [-0.1, -0.05) is 20.3 Å². The van der Waals surface area contributed by atoms with Crippen LogP contribution in [0.2, 0.25) is 0 Å². The molecule has 2 heterocycles. The molecule has 0 radical (unpaired) electrons. The third-order valence-electron chi connectivity index (χ3n) is 5.57. The van der Waals surface area contributed by atoms with Crippen LogP contribution in [-0.2, 0) is 13.5 Å². The zero-order valence-electron chi connectivity index (χ0n) is 21.2. The predicted octanol–water partition coefficient (Wildman–Crippen LogP) is 4.19. The predicted molar refractivity (Wildman–Crippen MR) is 139 cm³/mol. The van der Waals surface area contributed by atoms with Crippen molar-refractivity contribution < 1.29 is 4.74 Å². The van der Waals surface area contributed by atoms with Crippen molar-refractivity contribution >= 4 is 22.7 Å². The summed E-state index contributed by atoms with van der Waals surface area (Å²) in [6.07, 6.45) is 2.56. The van der Waals surface area contributed by atoms with E-state index < -0.39 is 0 Å². The SMILES string of the molecule is CCCOc1ccc(NC(=NCC)N(CC)CC)cc1-c1nc2c(CCC)nn(C)c2c(=O)[nH]1. The number of rotatable bonds is 10. The number of hydrogen-bond acceptors (Lipinski definition) is 5. The Balaban J connectivity index is 2.13. The Kier molecular flexibility index (Phi) is 8.67. The topological polar surface area (TPSA) is 100 Å². The molecule has 3 aromatic rings. The van der Waals surface area contributed by atoms with Crippen molar-refractivity contribution in [2.75, 3.05) is 31.6 Å². The maximum atomic E-state index is 13.0. The Morgan fingerprint density at radius 2 is 1.94 bits per heavy atom.